The van der Waals surface area contributed by atoms with E-state index in [0.29, 0.717) is 12.5 Å². The molecule has 2 aliphatic rings. The molecule has 0 aromatic heterocycles. The Labute approximate surface area is 104 Å². The zero-order valence-electron chi connectivity index (χ0n) is 10.4. The Hall–Kier alpha value is -1.08. The average molecular weight is 230 g/mol. The van der Waals surface area contributed by atoms with Crippen molar-refractivity contribution < 1.29 is 5.11 Å². The maximum atomic E-state index is 8.81. The van der Waals surface area contributed by atoms with Gasteiger partial charge in [0, 0.05) is 12.5 Å². The number of rotatable bonds is 7. The molecule has 0 heterocycles. The Balaban J connectivity index is 1.88. The van der Waals surface area contributed by atoms with E-state index in [-0.39, 0.29) is 0 Å². The molecule has 0 aromatic carbocycles. The summed E-state index contributed by atoms with van der Waals surface area (Å²) in [6.45, 7) is 0.333. The smallest absolute Gasteiger partial charge is 0.0431 e. The first-order valence-corrected chi connectivity index (χ1v) is 6.74. The van der Waals surface area contributed by atoms with Crippen LogP contribution in [0.2, 0.25) is 0 Å². The first-order chi connectivity index (χ1) is 8.42. The fourth-order valence-corrected chi connectivity index (χ4v) is 2.69. The zero-order chi connectivity index (χ0) is 11.9. The lowest BCUT2D eigenvalue weighted by atomic mass is 9.85. The highest BCUT2D eigenvalue weighted by atomic mass is 16.2. The molecular formula is C16H22O. The van der Waals surface area contributed by atoms with Crippen molar-refractivity contribution in [3.05, 3.63) is 47.6 Å². The van der Waals surface area contributed by atoms with Gasteiger partial charge < -0.3 is 5.11 Å². The van der Waals surface area contributed by atoms with Crippen LogP contribution >= 0.6 is 0 Å². The monoisotopic (exact) mass is 230 g/mol. The Bertz CT molecular complexity index is 328. The van der Waals surface area contributed by atoms with Crippen LogP contribution in [-0.2, 0) is 0 Å². The Morgan fingerprint density at radius 1 is 0.941 bits per heavy atom. The molecule has 0 unspecified atom stereocenters. The van der Waals surface area contributed by atoms with Crippen LogP contribution in [0.1, 0.15) is 38.5 Å². The van der Waals surface area contributed by atoms with Crippen molar-refractivity contribution in [1.82, 2.24) is 0 Å². The summed E-state index contributed by atoms with van der Waals surface area (Å²) in [5.74, 6) is 0.638. The highest BCUT2D eigenvalue weighted by Crippen LogP contribution is 2.34. The lowest BCUT2D eigenvalue weighted by Gasteiger charge is -2.20. The molecule has 92 valence electrons. The molecule has 2 rings (SSSR count). The first-order valence-electron chi connectivity index (χ1n) is 6.74. The van der Waals surface area contributed by atoms with Gasteiger partial charge in [0.2, 0.25) is 0 Å². The molecule has 0 aliphatic heterocycles. The molecule has 0 bridgehead atoms. The summed E-state index contributed by atoms with van der Waals surface area (Å²) >= 11 is 0. The number of unbranched alkanes of at least 4 members (excludes halogenated alkanes) is 2. The minimum atomic E-state index is 0.333. The Morgan fingerprint density at radius 3 is 2.06 bits per heavy atom. The van der Waals surface area contributed by atoms with Crippen molar-refractivity contribution in [2.75, 3.05) is 6.61 Å². The van der Waals surface area contributed by atoms with E-state index >= 15 is 0 Å². The Morgan fingerprint density at radius 2 is 1.59 bits per heavy atom. The topological polar surface area (TPSA) is 20.2 Å². The molecule has 17 heavy (non-hydrogen) atoms. The third kappa shape index (κ3) is 3.44. The van der Waals surface area contributed by atoms with E-state index in [1.54, 1.807) is 11.1 Å². The van der Waals surface area contributed by atoms with Gasteiger partial charge in [0.25, 0.3) is 0 Å². The summed E-state index contributed by atoms with van der Waals surface area (Å²) in [4.78, 5) is 0. The largest absolute Gasteiger partial charge is 0.396 e. The second-order valence-electron chi connectivity index (χ2n) is 4.87. The van der Waals surface area contributed by atoms with Gasteiger partial charge >= 0.3 is 0 Å². The van der Waals surface area contributed by atoms with Gasteiger partial charge in [-0.15, -0.1) is 0 Å². The number of aliphatic hydroxyl groups excluding tert-OH is 1. The summed E-state index contributed by atoms with van der Waals surface area (Å²) in [5, 5.41) is 8.81. The summed E-state index contributed by atoms with van der Waals surface area (Å²) in [5.41, 5.74) is 3.15. The zero-order valence-corrected chi connectivity index (χ0v) is 10.4. The SMILES string of the molecule is OCCCCCC(C1=CC=CC1)C1=CC=CC1. The molecule has 1 nitrogen and oxygen atoms in total. The second kappa shape index (κ2) is 6.61. The van der Waals surface area contributed by atoms with Crippen LogP contribution in [0.3, 0.4) is 0 Å². The number of allylic oxidation sites excluding steroid dienone is 8. The molecule has 2 aliphatic carbocycles. The van der Waals surface area contributed by atoms with Crippen molar-refractivity contribution in [3.63, 3.8) is 0 Å². The van der Waals surface area contributed by atoms with Crippen molar-refractivity contribution in [2.24, 2.45) is 5.92 Å². The molecule has 1 N–H and O–H groups in total. The van der Waals surface area contributed by atoms with E-state index in [0.717, 1.165) is 25.7 Å². The molecule has 0 spiro atoms. The highest BCUT2D eigenvalue weighted by molar-refractivity contribution is 5.35. The van der Waals surface area contributed by atoms with E-state index in [1.807, 2.05) is 0 Å². The molecule has 0 radical (unpaired) electrons. The van der Waals surface area contributed by atoms with E-state index in [9.17, 15) is 0 Å². The molecule has 0 aromatic rings. The normalized spacial score (nSPS) is 18.0. The predicted octanol–water partition coefficient (Wildman–Crippen LogP) is 3.93. The summed E-state index contributed by atoms with van der Waals surface area (Å²) < 4.78 is 0. The van der Waals surface area contributed by atoms with Crippen molar-refractivity contribution >= 4 is 0 Å². The van der Waals surface area contributed by atoms with Gasteiger partial charge in [-0.25, -0.2) is 0 Å². The average Bonchev–Trinajstić information content (AvgIpc) is 3.02. The standard InChI is InChI=1S/C16H22O/c17-13-7-1-2-12-16(14-8-3-4-9-14)15-10-5-6-11-15/h3-6,8,10,16-17H,1-2,7,9,11-13H2. The summed E-state index contributed by atoms with van der Waals surface area (Å²) in [6.07, 6.45) is 20.2. The van der Waals surface area contributed by atoms with Gasteiger partial charge in [0.1, 0.15) is 0 Å². The minimum Gasteiger partial charge on any atom is -0.396 e. The van der Waals surface area contributed by atoms with Crippen LogP contribution in [0.4, 0.5) is 0 Å². The number of hydrogen-bond donors (Lipinski definition) is 1. The second-order valence-corrected chi connectivity index (χ2v) is 4.87. The van der Waals surface area contributed by atoms with E-state index in [4.69, 9.17) is 5.11 Å². The van der Waals surface area contributed by atoms with Gasteiger partial charge in [-0.05, 0) is 25.7 Å². The highest BCUT2D eigenvalue weighted by Gasteiger charge is 2.19. The fourth-order valence-electron chi connectivity index (χ4n) is 2.69. The quantitative estimate of drug-likeness (QED) is 0.657. The van der Waals surface area contributed by atoms with Crippen LogP contribution in [0, 0.1) is 5.92 Å². The van der Waals surface area contributed by atoms with Gasteiger partial charge in [-0.3, -0.25) is 0 Å². The summed E-state index contributed by atoms with van der Waals surface area (Å²) in [7, 11) is 0. The van der Waals surface area contributed by atoms with Crippen molar-refractivity contribution in [1.29, 1.82) is 0 Å². The van der Waals surface area contributed by atoms with Crippen molar-refractivity contribution in [2.45, 2.75) is 38.5 Å². The summed E-state index contributed by atoms with van der Waals surface area (Å²) in [6, 6.07) is 0. The van der Waals surface area contributed by atoms with Crippen LogP contribution in [0.25, 0.3) is 0 Å². The maximum absolute atomic E-state index is 8.81. The Kier molecular flexibility index (Phi) is 4.81. The minimum absolute atomic E-state index is 0.333. The van der Waals surface area contributed by atoms with Crippen molar-refractivity contribution in [3.8, 4) is 0 Å². The maximum Gasteiger partial charge on any atom is 0.0431 e. The van der Waals surface area contributed by atoms with Gasteiger partial charge in [0.15, 0.2) is 0 Å². The molecule has 0 saturated carbocycles. The molecule has 0 saturated heterocycles. The van der Waals surface area contributed by atoms with Crippen LogP contribution in [-0.4, -0.2) is 11.7 Å². The first kappa shape index (κ1) is 12.4. The molecule has 0 fully saturated rings. The van der Waals surface area contributed by atoms with Crippen LogP contribution in [0.15, 0.2) is 47.6 Å². The van der Waals surface area contributed by atoms with Gasteiger partial charge in [-0.1, -0.05) is 60.4 Å². The van der Waals surface area contributed by atoms with E-state index in [1.165, 1.54) is 12.8 Å². The number of aliphatic hydroxyl groups is 1. The molecule has 0 amide bonds. The lowest BCUT2D eigenvalue weighted by molar-refractivity contribution is 0.281. The predicted molar refractivity (Wildman–Crippen MR) is 72.7 cm³/mol. The third-order valence-corrected chi connectivity index (χ3v) is 3.65. The molecular weight excluding hydrogens is 208 g/mol. The molecule has 1 heteroatoms. The number of hydrogen-bond acceptors (Lipinski definition) is 1. The van der Waals surface area contributed by atoms with Crippen LogP contribution in [0.5, 0.6) is 0 Å². The van der Waals surface area contributed by atoms with Gasteiger partial charge in [-0.2, -0.15) is 0 Å². The molecule has 0 atom stereocenters. The van der Waals surface area contributed by atoms with E-state index < -0.39 is 0 Å². The third-order valence-electron chi connectivity index (χ3n) is 3.65. The lowest BCUT2D eigenvalue weighted by Crippen LogP contribution is -2.06. The fraction of sp³-hybridized carbons (Fsp3) is 0.500. The van der Waals surface area contributed by atoms with Crippen LogP contribution < -0.4 is 0 Å². The van der Waals surface area contributed by atoms with Gasteiger partial charge in [0.05, 0.1) is 0 Å². The van der Waals surface area contributed by atoms with E-state index in [2.05, 4.69) is 36.5 Å².